The second-order valence-corrected chi connectivity index (χ2v) is 9.26. The number of hydrogen-bond donors (Lipinski definition) is 1. The van der Waals surface area contributed by atoms with Crippen LogP contribution in [0.2, 0.25) is 0 Å². The second kappa shape index (κ2) is 7.87. The van der Waals surface area contributed by atoms with Crippen molar-refractivity contribution in [1.82, 2.24) is 0 Å². The predicted molar refractivity (Wildman–Crippen MR) is 110 cm³/mol. The number of allylic oxidation sites excluding steroid dienone is 4. The zero-order valence-corrected chi connectivity index (χ0v) is 18.0. The van der Waals surface area contributed by atoms with Crippen LogP contribution in [0.4, 0.5) is 0 Å². The van der Waals surface area contributed by atoms with Crippen LogP contribution >= 0.6 is 0 Å². The lowest BCUT2D eigenvalue weighted by Gasteiger charge is -2.59. The average molecular weight is 389 g/mol. The van der Waals surface area contributed by atoms with Crippen LogP contribution in [0, 0.1) is 34.5 Å². The van der Waals surface area contributed by atoms with Crippen LogP contribution in [0.3, 0.4) is 0 Å². The van der Waals surface area contributed by atoms with E-state index in [1.54, 1.807) is 13.2 Å². The van der Waals surface area contributed by atoms with Crippen molar-refractivity contribution in [2.24, 2.45) is 34.5 Å². The van der Waals surface area contributed by atoms with E-state index in [1.807, 2.05) is 19.9 Å². The second-order valence-electron chi connectivity index (χ2n) is 9.26. The smallest absolute Gasteiger partial charge is 0.178 e. The van der Waals surface area contributed by atoms with Crippen molar-refractivity contribution in [3.8, 4) is 0 Å². The Labute approximate surface area is 169 Å². The summed E-state index contributed by atoms with van der Waals surface area (Å²) in [5.74, 6) is 1.37. The summed E-state index contributed by atoms with van der Waals surface area (Å²) in [4.78, 5) is 24.3. The van der Waals surface area contributed by atoms with Crippen molar-refractivity contribution < 1.29 is 19.4 Å². The van der Waals surface area contributed by atoms with Gasteiger partial charge in [0.15, 0.2) is 11.6 Å². The minimum atomic E-state index is -0.353. The van der Waals surface area contributed by atoms with Gasteiger partial charge >= 0.3 is 0 Å². The van der Waals surface area contributed by atoms with Gasteiger partial charge in [0.25, 0.3) is 0 Å². The van der Waals surface area contributed by atoms with Gasteiger partial charge in [0.2, 0.25) is 0 Å². The molecule has 0 aromatic carbocycles. The van der Waals surface area contributed by atoms with E-state index in [9.17, 15) is 14.7 Å². The molecule has 0 saturated heterocycles. The van der Waals surface area contributed by atoms with Crippen molar-refractivity contribution in [3.05, 3.63) is 23.8 Å². The quantitative estimate of drug-likeness (QED) is 0.790. The topological polar surface area (TPSA) is 63.6 Å². The molecule has 1 N–H and O–H groups in total. The lowest BCUT2D eigenvalue weighted by Crippen LogP contribution is -2.57. The SMILES string of the molecule is CC.COC1CC2(C)C(C(=O)CO)CCC2C2CCC3=CC(=O)C=CC3(C)C12. The van der Waals surface area contributed by atoms with Crippen molar-refractivity contribution in [2.45, 2.75) is 65.9 Å². The maximum absolute atomic E-state index is 12.4. The van der Waals surface area contributed by atoms with Crippen molar-refractivity contribution in [3.63, 3.8) is 0 Å². The van der Waals surface area contributed by atoms with Gasteiger partial charge in [0.1, 0.15) is 6.61 Å². The molecule has 0 aliphatic heterocycles. The summed E-state index contributed by atoms with van der Waals surface area (Å²) >= 11 is 0. The van der Waals surface area contributed by atoms with Crippen molar-refractivity contribution in [1.29, 1.82) is 0 Å². The molecule has 4 aliphatic rings. The first-order valence-corrected chi connectivity index (χ1v) is 11.0. The number of aliphatic hydroxyl groups is 1. The Morgan fingerprint density at radius 1 is 1.25 bits per heavy atom. The molecule has 0 heterocycles. The summed E-state index contributed by atoms with van der Waals surface area (Å²) < 4.78 is 6.02. The molecule has 28 heavy (non-hydrogen) atoms. The van der Waals surface area contributed by atoms with Crippen LogP contribution in [0.15, 0.2) is 23.8 Å². The fourth-order valence-corrected chi connectivity index (χ4v) is 7.15. The van der Waals surface area contributed by atoms with Crippen LogP contribution < -0.4 is 0 Å². The number of fused-ring (bicyclic) bond motifs is 5. The van der Waals surface area contributed by atoms with Gasteiger partial charge in [-0.25, -0.2) is 0 Å². The van der Waals surface area contributed by atoms with E-state index in [0.29, 0.717) is 17.8 Å². The number of Topliss-reactive ketones (excluding diaryl/α,β-unsaturated/α-hetero) is 1. The molecule has 0 bridgehead atoms. The number of methoxy groups -OCH3 is 1. The highest BCUT2D eigenvalue weighted by molar-refractivity contribution is 6.01. The molecule has 156 valence electrons. The summed E-state index contributed by atoms with van der Waals surface area (Å²) in [5, 5.41) is 9.45. The summed E-state index contributed by atoms with van der Waals surface area (Å²) in [6.45, 7) is 8.16. The molecule has 4 rings (SSSR count). The van der Waals surface area contributed by atoms with Gasteiger partial charge in [-0.2, -0.15) is 0 Å². The molecule has 7 unspecified atom stereocenters. The number of ether oxygens (including phenoxy) is 1. The number of aliphatic hydroxyl groups excluding tert-OH is 1. The lowest BCUT2D eigenvalue weighted by atomic mass is 9.46. The van der Waals surface area contributed by atoms with E-state index in [2.05, 4.69) is 19.9 Å². The van der Waals surface area contributed by atoms with Gasteiger partial charge in [-0.1, -0.05) is 39.3 Å². The zero-order valence-electron chi connectivity index (χ0n) is 18.0. The van der Waals surface area contributed by atoms with Crippen molar-refractivity contribution in [2.75, 3.05) is 13.7 Å². The summed E-state index contributed by atoms with van der Waals surface area (Å²) in [7, 11) is 1.78. The van der Waals surface area contributed by atoms with Crippen molar-refractivity contribution >= 4 is 11.6 Å². The van der Waals surface area contributed by atoms with Crippen LogP contribution in [-0.4, -0.2) is 36.5 Å². The molecular formula is C24H36O4. The monoisotopic (exact) mass is 388 g/mol. The summed E-state index contributed by atoms with van der Waals surface area (Å²) in [5.41, 5.74) is 1.03. The molecule has 4 aliphatic carbocycles. The molecule has 0 aromatic rings. The normalized spacial score (nSPS) is 43.9. The van der Waals surface area contributed by atoms with E-state index >= 15 is 0 Å². The van der Waals surface area contributed by atoms with Crippen LogP contribution in [0.5, 0.6) is 0 Å². The molecule has 4 nitrogen and oxygen atoms in total. The van der Waals surface area contributed by atoms with Gasteiger partial charge in [0, 0.05) is 24.4 Å². The van der Waals surface area contributed by atoms with E-state index in [-0.39, 0.29) is 41.0 Å². The largest absolute Gasteiger partial charge is 0.389 e. The first-order valence-electron chi connectivity index (χ1n) is 11.0. The average Bonchev–Trinajstić information content (AvgIpc) is 3.05. The molecule has 0 spiro atoms. The highest BCUT2D eigenvalue weighted by Crippen LogP contribution is 2.66. The highest BCUT2D eigenvalue weighted by atomic mass is 16.5. The van der Waals surface area contributed by atoms with Gasteiger partial charge in [-0.05, 0) is 61.5 Å². The number of carbonyl (C=O) groups is 2. The fraction of sp³-hybridized carbons (Fsp3) is 0.750. The van der Waals surface area contributed by atoms with Crippen LogP contribution in [-0.2, 0) is 14.3 Å². The molecule has 7 atom stereocenters. The van der Waals surface area contributed by atoms with Crippen LogP contribution in [0.1, 0.15) is 59.8 Å². The van der Waals surface area contributed by atoms with E-state index in [4.69, 9.17) is 4.74 Å². The Morgan fingerprint density at radius 2 is 1.96 bits per heavy atom. The molecule has 3 fully saturated rings. The third kappa shape index (κ3) is 3.04. The fourth-order valence-electron chi connectivity index (χ4n) is 7.15. The van der Waals surface area contributed by atoms with Gasteiger partial charge in [0.05, 0.1) is 6.10 Å². The molecule has 0 amide bonds. The molecule has 0 aromatic heterocycles. The summed E-state index contributed by atoms with van der Waals surface area (Å²) in [6.07, 6.45) is 10.6. The Kier molecular flexibility index (Phi) is 6.03. The zero-order chi connectivity index (χ0) is 20.7. The van der Waals surface area contributed by atoms with Gasteiger partial charge in [-0.15, -0.1) is 0 Å². The highest BCUT2D eigenvalue weighted by Gasteiger charge is 2.62. The molecular weight excluding hydrogens is 352 g/mol. The maximum Gasteiger partial charge on any atom is 0.178 e. The molecule has 3 saturated carbocycles. The van der Waals surface area contributed by atoms with E-state index < -0.39 is 0 Å². The third-order valence-electron chi connectivity index (χ3n) is 8.32. The minimum absolute atomic E-state index is 0.00549. The van der Waals surface area contributed by atoms with Crippen LogP contribution in [0.25, 0.3) is 0 Å². The predicted octanol–water partition coefficient (Wildman–Crippen LogP) is 4.12. The minimum Gasteiger partial charge on any atom is -0.389 e. The maximum atomic E-state index is 12.4. The van der Waals surface area contributed by atoms with E-state index in [1.165, 1.54) is 5.57 Å². The lowest BCUT2D eigenvalue weighted by molar-refractivity contribution is -0.146. The van der Waals surface area contributed by atoms with E-state index in [0.717, 1.165) is 32.1 Å². The first kappa shape index (κ1) is 21.4. The number of rotatable bonds is 3. The standard InChI is InChI=1S/C22H30O4.C2H6/c1-21-9-8-14(24)10-13(21)4-5-15-16-6-7-17(18(25)12-23)22(16,2)11-19(26-3)20(15)21;1-2/h8-10,15-17,19-20,23H,4-7,11-12H2,1-3H3;1-2H3. The number of ketones is 2. The summed E-state index contributed by atoms with van der Waals surface area (Å²) in [6, 6.07) is 0. The molecule has 0 radical (unpaired) electrons. The molecule has 4 heteroatoms. The Balaban J connectivity index is 0.00000109. The van der Waals surface area contributed by atoms with Gasteiger partial charge in [-0.3, -0.25) is 9.59 Å². The number of hydrogen-bond acceptors (Lipinski definition) is 4. The third-order valence-corrected chi connectivity index (χ3v) is 8.32. The Hall–Kier alpha value is -1.26. The van der Waals surface area contributed by atoms with Gasteiger partial charge < -0.3 is 9.84 Å². The number of carbonyl (C=O) groups excluding carboxylic acids is 2. The first-order chi connectivity index (χ1) is 13.3. The Bertz CT molecular complexity index is 693. The Morgan fingerprint density at radius 3 is 2.61 bits per heavy atom.